The van der Waals surface area contributed by atoms with Gasteiger partial charge in [0.2, 0.25) is 0 Å². The summed E-state index contributed by atoms with van der Waals surface area (Å²) in [5.74, 6) is -0.693. The molecule has 3 aromatic rings. The number of benzene rings is 2. The number of nitro groups is 1. The molecule has 4 rings (SSSR count). The topological polar surface area (TPSA) is 79.2 Å². The molecular weight excluding hydrogens is 337 g/mol. The molecule has 2 aromatic carbocycles. The van der Waals surface area contributed by atoms with E-state index in [9.17, 15) is 19.3 Å². The zero-order chi connectivity index (χ0) is 18.4. The predicted octanol–water partition coefficient (Wildman–Crippen LogP) is 4.12. The average molecular weight is 353 g/mol. The number of H-pyrrole nitrogens is 1. The van der Waals surface area contributed by atoms with Crippen LogP contribution in [0.25, 0.3) is 10.9 Å². The highest BCUT2D eigenvalue weighted by molar-refractivity contribution is 6.15. The van der Waals surface area contributed by atoms with E-state index in [1.54, 1.807) is 24.0 Å². The maximum absolute atomic E-state index is 13.7. The number of aromatic nitrogens is 1. The highest BCUT2D eigenvalue weighted by Crippen LogP contribution is 2.34. The Bertz CT molecular complexity index is 1060. The third-order valence-electron chi connectivity index (χ3n) is 4.81. The number of carbonyl (C=O) groups is 1. The molecule has 0 aliphatic carbocycles. The van der Waals surface area contributed by atoms with Gasteiger partial charge in [0.25, 0.3) is 11.6 Å². The minimum atomic E-state index is -0.468. The number of carbonyl (C=O) groups excluding carboxylic acids is 1. The standard InChI is InChI=1S/C19H16FN3O3/c1-11-18(15-9-13(20)5-7-16(15)21-11)19(24)22-8-2-3-12-4-6-14(23(25)26)10-17(12)22/h4-7,9-10,21H,2-3,8H2,1H3. The highest BCUT2D eigenvalue weighted by atomic mass is 19.1. The van der Waals surface area contributed by atoms with Crippen molar-refractivity contribution in [1.29, 1.82) is 0 Å². The summed E-state index contributed by atoms with van der Waals surface area (Å²) in [4.78, 5) is 28.6. The van der Waals surface area contributed by atoms with Gasteiger partial charge in [-0.1, -0.05) is 6.07 Å². The molecule has 0 saturated heterocycles. The zero-order valence-corrected chi connectivity index (χ0v) is 14.1. The molecule has 0 bridgehead atoms. The van der Waals surface area contributed by atoms with Crippen LogP contribution in [0.1, 0.15) is 28.0 Å². The summed E-state index contributed by atoms with van der Waals surface area (Å²) in [6.07, 6.45) is 1.53. The Morgan fingerprint density at radius 2 is 2.08 bits per heavy atom. The number of non-ortho nitro benzene ring substituents is 1. The summed E-state index contributed by atoms with van der Waals surface area (Å²) in [5.41, 5.74) is 3.14. The molecule has 0 atom stereocenters. The van der Waals surface area contributed by atoms with Crippen molar-refractivity contribution < 1.29 is 14.1 Å². The summed E-state index contributed by atoms with van der Waals surface area (Å²) in [6.45, 7) is 2.23. The number of nitro benzene ring substituents is 1. The second-order valence-corrected chi connectivity index (χ2v) is 6.45. The Kier molecular flexibility index (Phi) is 3.72. The first kappa shape index (κ1) is 16.3. The summed E-state index contributed by atoms with van der Waals surface area (Å²) in [7, 11) is 0. The molecular formula is C19H16FN3O3. The van der Waals surface area contributed by atoms with Crippen molar-refractivity contribution in [3.8, 4) is 0 Å². The molecule has 2 heterocycles. The maximum atomic E-state index is 13.7. The summed E-state index contributed by atoms with van der Waals surface area (Å²) in [5, 5.41) is 11.6. The molecule has 7 heteroatoms. The molecule has 1 aliphatic rings. The number of aromatic amines is 1. The first-order valence-electron chi connectivity index (χ1n) is 8.32. The van der Waals surface area contributed by atoms with E-state index in [1.165, 1.54) is 24.3 Å². The van der Waals surface area contributed by atoms with Crippen LogP contribution in [0.4, 0.5) is 15.8 Å². The van der Waals surface area contributed by atoms with Crippen LogP contribution in [0.3, 0.4) is 0 Å². The second-order valence-electron chi connectivity index (χ2n) is 6.45. The Morgan fingerprint density at radius 1 is 1.27 bits per heavy atom. The SMILES string of the molecule is Cc1[nH]c2ccc(F)cc2c1C(=O)N1CCCc2ccc([N+](=O)[O-])cc21. The van der Waals surface area contributed by atoms with Crippen LogP contribution >= 0.6 is 0 Å². The number of hydrogen-bond donors (Lipinski definition) is 1. The monoisotopic (exact) mass is 353 g/mol. The number of fused-ring (bicyclic) bond motifs is 2. The van der Waals surface area contributed by atoms with Crippen LogP contribution in [0.5, 0.6) is 0 Å². The molecule has 1 aliphatic heterocycles. The molecule has 1 amide bonds. The summed E-state index contributed by atoms with van der Waals surface area (Å²) in [6, 6.07) is 8.88. The van der Waals surface area contributed by atoms with Crippen LogP contribution in [-0.2, 0) is 6.42 Å². The summed E-state index contributed by atoms with van der Waals surface area (Å²) < 4.78 is 13.7. The molecule has 0 spiro atoms. The Hall–Kier alpha value is -3.22. The lowest BCUT2D eigenvalue weighted by Crippen LogP contribution is -2.35. The van der Waals surface area contributed by atoms with Gasteiger partial charge < -0.3 is 9.88 Å². The van der Waals surface area contributed by atoms with Crippen LogP contribution in [-0.4, -0.2) is 22.4 Å². The van der Waals surface area contributed by atoms with E-state index in [1.807, 2.05) is 0 Å². The Labute approximate surface area is 148 Å². The molecule has 0 unspecified atom stereocenters. The number of nitrogens with one attached hydrogen (secondary N) is 1. The molecule has 0 radical (unpaired) electrons. The second kappa shape index (κ2) is 5.94. The molecule has 0 saturated carbocycles. The van der Waals surface area contributed by atoms with Gasteiger partial charge in [0.15, 0.2) is 0 Å². The molecule has 1 aromatic heterocycles. The van der Waals surface area contributed by atoms with Gasteiger partial charge >= 0.3 is 0 Å². The average Bonchev–Trinajstić information content (AvgIpc) is 2.95. The Morgan fingerprint density at radius 3 is 2.85 bits per heavy atom. The zero-order valence-electron chi connectivity index (χ0n) is 14.1. The van der Waals surface area contributed by atoms with Crippen molar-refractivity contribution >= 4 is 28.2 Å². The molecule has 1 N–H and O–H groups in total. The van der Waals surface area contributed by atoms with E-state index in [2.05, 4.69) is 4.98 Å². The molecule has 26 heavy (non-hydrogen) atoms. The fourth-order valence-electron chi connectivity index (χ4n) is 3.60. The van der Waals surface area contributed by atoms with Gasteiger partial charge in [-0.25, -0.2) is 4.39 Å². The van der Waals surface area contributed by atoms with Crippen molar-refractivity contribution in [1.82, 2.24) is 4.98 Å². The van der Waals surface area contributed by atoms with Gasteiger partial charge in [0, 0.05) is 35.3 Å². The normalized spacial score (nSPS) is 13.7. The number of halogens is 1. The lowest BCUT2D eigenvalue weighted by Gasteiger charge is -2.29. The highest BCUT2D eigenvalue weighted by Gasteiger charge is 2.28. The molecule has 0 fully saturated rings. The van der Waals surface area contributed by atoms with Crippen molar-refractivity contribution in [3.05, 3.63) is 69.2 Å². The predicted molar refractivity (Wildman–Crippen MR) is 96.1 cm³/mol. The first-order chi connectivity index (χ1) is 12.5. The number of aryl methyl sites for hydroxylation is 2. The van der Waals surface area contributed by atoms with E-state index in [4.69, 9.17) is 0 Å². The van der Waals surface area contributed by atoms with Crippen molar-refractivity contribution in [2.45, 2.75) is 19.8 Å². The largest absolute Gasteiger partial charge is 0.358 e. The number of rotatable bonds is 2. The number of anilines is 1. The van der Waals surface area contributed by atoms with Crippen molar-refractivity contribution in [2.75, 3.05) is 11.4 Å². The first-order valence-corrected chi connectivity index (χ1v) is 8.32. The quantitative estimate of drug-likeness (QED) is 0.556. The van der Waals surface area contributed by atoms with Crippen LogP contribution in [0.2, 0.25) is 0 Å². The van der Waals surface area contributed by atoms with Crippen LogP contribution in [0, 0.1) is 22.9 Å². The molecule has 6 nitrogen and oxygen atoms in total. The van der Waals surface area contributed by atoms with E-state index < -0.39 is 10.7 Å². The number of nitrogens with zero attached hydrogens (tertiary/aromatic N) is 2. The van der Waals surface area contributed by atoms with Crippen LogP contribution in [0.15, 0.2) is 36.4 Å². The fraction of sp³-hybridized carbons (Fsp3) is 0.211. The van der Waals surface area contributed by atoms with Gasteiger partial charge in [-0.2, -0.15) is 0 Å². The van der Waals surface area contributed by atoms with E-state index >= 15 is 0 Å². The van der Waals surface area contributed by atoms with Crippen molar-refractivity contribution in [3.63, 3.8) is 0 Å². The van der Waals surface area contributed by atoms with Gasteiger partial charge in [-0.05, 0) is 43.5 Å². The van der Waals surface area contributed by atoms with Crippen LogP contribution < -0.4 is 4.90 Å². The smallest absolute Gasteiger partial charge is 0.271 e. The Balaban J connectivity index is 1.84. The van der Waals surface area contributed by atoms with E-state index in [0.717, 1.165) is 18.4 Å². The van der Waals surface area contributed by atoms with Gasteiger partial charge in [-0.15, -0.1) is 0 Å². The third kappa shape index (κ3) is 2.52. The van der Waals surface area contributed by atoms with E-state index in [0.29, 0.717) is 34.4 Å². The number of hydrogen-bond acceptors (Lipinski definition) is 3. The maximum Gasteiger partial charge on any atom is 0.271 e. The van der Waals surface area contributed by atoms with Gasteiger partial charge in [0.1, 0.15) is 5.82 Å². The fourth-order valence-corrected chi connectivity index (χ4v) is 3.60. The minimum absolute atomic E-state index is 0.0508. The number of amides is 1. The van der Waals surface area contributed by atoms with E-state index in [-0.39, 0.29) is 11.6 Å². The molecule has 132 valence electrons. The third-order valence-corrected chi connectivity index (χ3v) is 4.81. The van der Waals surface area contributed by atoms with Gasteiger partial charge in [0.05, 0.1) is 16.2 Å². The van der Waals surface area contributed by atoms with Gasteiger partial charge in [-0.3, -0.25) is 14.9 Å². The van der Waals surface area contributed by atoms with Crippen molar-refractivity contribution in [2.24, 2.45) is 0 Å². The minimum Gasteiger partial charge on any atom is -0.358 e. The lowest BCUT2D eigenvalue weighted by molar-refractivity contribution is -0.384. The summed E-state index contributed by atoms with van der Waals surface area (Å²) >= 11 is 0. The lowest BCUT2D eigenvalue weighted by atomic mass is 9.99.